The summed E-state index contributed by atoms with van der Waals surface area (Å²) in [6.45, 7) is 7.34. The van der Waals surface area contributed by atoms with Crippen LogP contribution in [0, 0.1) is 5.41 Å². The summed E-state index contributed by atoms with van der Waals surface area (Å²) in [7, 11) is -2.47. The molecule has 130 valence electrons. The van der Waals surface area contributed by atoms with E-state index >= 15 is 0 Å². The van der Waals surface area contributed by atoms with Crippen LogP contribution in [0.2, 0.25) is 0 Å². The molecule has 23 heavy (non-hydrogen) atoms. The molecular weight excluding hydrogens is 342 g/mol. The minimum absolute atomic E-state index is 0.322. The minimum Gasteiger partial charge on any atom is -0.481 e. The number of β-lactam (4-membered cyclic amide) rings is 1. The van der Waals surface area contributed by atoms with Crippen molar-refractivity contribution >= 4 is 33.5 Å². The van der Waals surface area contributed by atoms with E-state index in [0.717, 1.165) is 11.8 Å². The number of carboxylic acids is 1. The number of rotatable bonds is 4. The van der Waals surface area contributed by atoms with Crippen LogP contribution in [0.4, 0.5) is 0 Å². The number of thioether (sulfide) groups is 1. The molecule has 0 aromatic heterocycles. The Kier molecular flexibility index (Phi) is 4.60. The predicted molar refractivity (Wildman–Crippen MR) is 86.4 cm³/mol. The summed E-state index contributed by atoms with van der Waals surface area (Å²) in [6, 6.07) is 0. The van der Waals surface area contributed by atoms with Gasteiger partial charge < -0.3 is 9.84 Å². The zero-order chi connectivity index (χ0) is 17.7. The average molecular weight is 363 g/mol. The highest BCUT2D eigenvalue weighted by atomic mass is 32.3. The summed E-state index contributed by atoms with van der Waals surface area (Å²) in [5.74, 6) is -1.77. The Hall–Kier alpha value is -1.06. The van der Waals surface area contributed by atoms with Gasteiger partial charge in [0.1, 0.15) is 4.58 Å². The molecule has 7 nitrogen and oxygen atoms in total. The second kappa shape index (κ2) is 5.78. The maximum atomic E-state index is 12.9. The Bertz CT molecular complexity index is 676. The summed E-state index contributed by atoms with van der Waals surface area (Å²) in [6.07, 6.45) is -1.03. The van der Waals surface area contributed by atoms with Gasteiger partial charge >= 0.3 is 5.97 Å². The van der Waals surface area contributed by atoms with E-state index in [9.17, 15) is 18.0 Å². The van der Waals surface area contributed by atoms with E-state index in [2.05, 4.69) is 0 Å². The van der Waals surface area contributed by atoms with Crippen LogP contribution < -0.4 is 0 Å². The zero-order valence-electron chi connectivity index (χ0n) is 13.7. The maximum absolute atomic E-state index is 12.9. The van der Waals surface area contributed by atoms with Gasteiger partial charge in [0, 0.05) is 18.2 Å². The lowest BCUT2D eigenvalue weighted by Gasteiger charge is -2.53. The third kappa shape index (κ3) is 2.78. The van der Waals surface area contributed by atoms with E-state index < -0.39 is 37.3 Å². The number of carboxylic acid groups (broad SMARTS) is 1. The second-order valence-corrected chi connectivity index (χ2v) is 10.2. The van der Waals surface area contributed by atoms with Crippen LogP contribution >= 0.6 is 11.8 Å². The van der Waals surface area contributed by atoms with Crippen molar-refractivity contribution in [2.45, 2.75) is 43.8 Å². The van der Waals surface area contributed by atoms with E-state index in [4.69, 9.17) is 9.84 Å². The number of hydrogen-bond donors (Lipinski definition) is 1. The van der Waals surface area contributed by atoms with Gasteiger partial charge in [0.15, 0.2) is 21.3 Å². The van der Waals surface area contributed by atoms with E-state index in [0.29, 0.717) is 11.3 Å². The van der Waals surface area contributed by atoms with Gasteiger partial charge in [-0.15, -0.1) is 11.8 Å². The molecule has 1 saturated heterocycles. The van der Waals surface area contributed by atoms with Gasteiger partial charge in [-0.25, -0.2) is 8.42 Å². The number of ether oxygens (including phenoxy) is 1. The lowest BCUT2D eigenvalue weighted by atomic mass is 9.85. The number of methoxy groups -OCH3 is 1. The molecule has 0 radical (unpaired) electrons. The molecule has 0 bridgehead atoms. The van der Waals surface area contributed by atoms with Crippen molar-refractivity contribution in [3.63, 3.8) is 0 Å². The summed E-state index contributed by atoms with van der Waals surface area (Å²) in [5.41, 5.74) is 0.704. The molecule has 3 atom stereocenters. The zero-order valence-corrected chi connectivity index (χ0v) is 15.3. The van der Waals surface area contributed by atoms with Crippen LogP contribution in [0.25, 0.3) is 0 Å². The molecule has 2 rings (SSSR count). The van der Waals surface area contributed by atoms with Crippen LogP contribution in [-0.4, -0.2) is 59.2 Å². The molecule has 1 unspecified atom stereocenters. The molecule has 1 fully saturated rings. The van der Waals surface area contributed by atoms with E-state index in [1.165, 1.54) is 12.0 Å². The van der Waals surface area contributed by atoms with Crippen molar-refractivity contribution in [3.05, 3.63) is 11.3 Å². The van der Waals surface area contributed by atoms with E-state index in [1.807, 2.05) is 20.8 Å². The summed E-state index contributed by atoms with van der Waals surface area (Å²) in [5, 5.41) is 7.80. The molecule has 0 spiro atoms. The van der Waals surface area contributed by atoms with Gasteiger partial charge in [-0.2, -0.15) is 0 Å². The third-order valence-electron chi connectivity index (χ3n) is 3.92. The number of fused-ring (bicyclic) bond motifs is 1. The third-order valence-corrected chi connectivity index (χ3v) is 8.28. The normalized spacial score (nSPS) is 30.0. The average Bonchev–Trinajstić information content (AvgIpc) is 2.38. The number of sulfone groups is 1. The molecule has 1 N–H and O–H groups in total. The Morgan fingerprint density at radius 1 is 1.39 bits per heavy atom. The number of allylic oxidation sites excluding steroid dienone is 1. The van der Waals surface area contributed by atoms with Crippen molar-refractivity contribution < 1.29 is 27.9 Å². The van der Waals surface area contributed by atoms with Crippen LogP contribution in [0.1, 0.15) is 27.7 Å². The fourth-order valence-corrected chi connectivity index (χ4v) is 7.10. The lowest BCUT2D eigenvalue weighted by Crippen LogP contribution is -2.71. The van der Waals surface area contributed by atoms with Gasteiger partial charge in [-0.3, -0.25) is 14.5 Å². The number of carbonyl (C=O) groups is 2. The number of hydrogen-bond acceptors (Lipinski definition) is 6. The maximum Gasteiger partial charge on any atom is 0.313 e. The quantitative estimate of drug-likeness (QED) is 0.745. The summed E-state index contributed by atoms with van der Waals surface area (Å²) < 4.78 is 29.8. The second-order valence-electron chi connectivity index (χ2n) is 6.66. The molecule has 2 aliphatic rings. The number of amides is 1. The van der Waals surface area contributed by atoms with Crippen LogP contribution in [0.5, 0.6) is 0 Å². The number of aliphatic carboxylic acids is 1. The Balaban J connectivity index is 2.58. The highest BCUT2D eigenvalue weighted by Crippen LogP contribution is 2.49. The van der Waals surface area contributed by atoms with Crippen molar-refractivity contribution in [1.82, 2.24) is 4.90 Å². The highest BCUT2D eigenvalue weighted by Gasteiger charge is 2.62. The highest BCUT2D eigenvalue weighted by molar-refractivity contribution is 8.14. The summed E-state index contributed by atoms with van der Waals surface area (Å²) >= 11 is 0.855. The largest absolute Gasteiger partial charge is 0.481 e. The van der Waals surface area contributed by atoms with Crippen molar-refractivity contribution in [2.75, 3.05) is 12.9 Å². The topological polar surface area (TPSA) is 101 Å². The number of carbonyl (C=O) groups excluding carboxylic acids is 1. The van der Waals surface area contributed by atoms with E-state index in [1.54, 1.807) is 6.92 Å². The predicted octanol–water partition coefficient (Wildman–Crippen LogP) is 1.06. The monoisotopic (exact) mass is 363 g/mol. The molecule has 2 aliphatic heterocycles. The molecule has 0 aromatic rings. The minimum atomic E-state index is -3.78. The van der Waals surface area contributed by atoms with Crippen molar-refractivity contribution in [2.24, 2.45) is 5.41 Å². The smallest absolute Gasteiger partial charge is 0.313 e. The van der Waals surface area contributed by atoms with Gasteiger partial charge in [-0.05, 0) is 12.5 Å². The van der Waals surface area contributed by atoms with Crippen molar-refractivity contribution in [1.29, 1.82) is 0 Å². The van der Waals surface area contributed by atoms with Gasteiger partial charge in [0.2, 0.25) is 0 Å². The van der Waals surface area contributed by atoms with Crippen molar-refractivity contribution in [3.8, 4) is 0 Å². The van der Waals surface area contributed by atoms with Crippen LogP contribution in [0.3, 0.4) is 0 Å². The first-order valence-corrected chi connectivity index (χ1v) is 9.73. The molecule has 0 aromatic carbocycles. The molecular formula is C14H21NO6S2. The Labute approximate surface area is 140 Å². The van der Waals surface area contributed by atoms with Gasteiger partial charge in [0.25, 0.3) is 5.91 Å². The fraction of sp³-hybridized carbons (Fsp3) is 0.714. The fourth-order valence-electron chi connectivity index (χ4n) is 3.21. The Morgan fingerprint density at radius 2 is 1.96 bits per heavy atom. The first kappa shape index (κ1) is 18.3. The molecule has 0 saturated carbocycles. The molecule has 2 heterocycles. The standard InChI is InChI=1S/C14H21NO6S2/c1-7-10(14(2,3)4)15-11(18)9(21-5)12(15)23(19,20)13(7)22-6-8(16)17/h9,12-13H,6H2,1-5H3,(H,16,17)/t9-,12+,13?/m0/s1. The van der Waals surface area contributed by atoms with Crippen LogP contribution in [0.15, 0.2) is 11.3 Å². The van der Waals surface area contributed by atoms with Gasteiger partial charge in [0.05, 0.1) is 5.75 Å². The summed E-state index contributed by atoms with van der Waals surface area (Å²) in [4.78, 5) is 24.4. The molecule has 1 amide bonds. The first-order valence-electron chi connectivity index (χ1n) is 7.07. The first-order chi connectivity index (χ1) is 10.4. The van der Waals surface area contributed by atoms with Gasteiger partial charge in [-0.1, -0.05) is 20.8 Å². The SMILES string of the molecule is CO[C@H]1C(=O)N2C(C(C)(C)C)=C(C)C(SCC(=O)O)S(=O)(=O)[C@H]12. The van der Waals surface area contributed by atoms with Crippen LogP contribution in [-0.2, 0) is 24.2 Å². The number of nitrogens with zero attached hydrogens (tertiary/aromatic N) is 1. The lowest BCUT2D eigenvalue weighted by molar-refractivity contribution is -0.160. The van der Waals surface area contributed by atoms with E-state index in [-0.39, 0.29) is 11.7 Å². The Morgan fingerprint density at radius 3 is 2.39 bits per heavy atom. The molecule has 0 aliphatic carbocycles. The molecule has 9 heteroatoms.